The Morgan fingerprint density at radius 3 is 3.07 bits per heavy atom. The molecule has 0 aliphatic carbocycles. The van der Waals surface area contributed by atoms with E-state index in [4.69, 9.17) is 0 Å². The fraction of sp³-hybridized carbons (Fsp3) is 0.385. The lowest BCUT2D eigenvalue weighted by Gasteiger charge is -2.10. The second-order valence-corrected chi connectivity index (χ2v) is 4.39. The van der Waals surface area contributed by atoms with Crippen molar-refractivity contribution < 1.29 is 0 Å². The van der Waals surface area contributed by atoms with Gasteiger partial charge in [0.2, 0.25) is 0 Å². The monoisotopic (exact) mass is 200 g/mol. The molecule has 0 radical (unpaired) electrons. The van der Waals surface area contributed by atoms with Crippen molar-refractivity contribution in [3.8, 4) is 0 Å². The van der Waals surface area contributed by atoms with Crippen molar-refractivity contribution >= 4 is 10.9 Å². The molecule has 15 heavy (non-hydrogen) atoms. The molecule has 0 bridgehead atoms. The minimum Gasteiger partial charge on any atom is -0.351 e. The van der Waals surface area contributed by atoms with E-state index in [1.54, 1.807) is 0 Å². The summed E-state index contributed by atoms with van der Waals surface area (Å²) in [6.07, 6.45) is 4.70. The Balaban J connectivity index is 2.05. The second kappa shape index (κ2) is 3.38. The van der Waals surface area contributed by atoms with Crippen LogP contribution in [0.4, 0.5) is 0 Å². The third-order valence-electron chi connectivity index (χ3n) is 3.37. The minimum atomic E-state index is 0.578. The Kier molecular flexibility index (Phi) is 2.03. The van der Waals surface area contributed by atoms with Crippen LogP contribution < -0.4 is 5.32 Å². The number of nitrogens with zero attached hydrogens (tertiary/aromatic N) is 1. The first-order valence-electron chi connectivity index (χ1n) is 5.63. The summed E-state index contributed by atoms with van der Waals surface area (Å²) in [5.74, 6) is 0. The fourth-order valence-corrected chi connectivity index (χ4v) is 2.49. The lowest BCUT2D eigenvalue weighted by Crippen LogP contribution is -2.12. The third-order valence-corrected chi connectivity index (χ3v) is 3.37. The molecule has 2 nitrogen and oxygen atoms in total. The molecule has 3 rings (SSSR count). The molecule has 2 aromatic rings. The highest BCUT2D eigenvalue weighted by Gasteiger charge is 2.16. The first-order valence-corrected chi connectivity index (χ1v) is 5.63. The van der Waals surface area contributed by atoms with Crippen LogP contribution in [0.25, 0.3) is 10.9 Å². The molecule has 1 aliphatic rings. The summed E-state index contributed by atoms with van der Waals surface area (Å²) in [6, 6.07) is 9.57. The summed E-state index contributed by atoms with van der Waals surface area (Å²) in [5, 5.41) is 4.89. The lowest BCUT2D eigenvalue weighted by molar-refractivity contribution is 0.648. The molecule has 0 amide bonds. The molecule has 1 aliphatic heterocycles. The smallest absolute Gasteiger partial charge is 0.0477 e. The van der Waals surface area contributed by atoms with E-state index < -0.39 is 0 Å². The molecular weight excluding hydrogens is 184 g/mol. The van der Waals surface area contributed by atoms with Gasteiger partial charge in [-0.25, -0.2) is 0 Å². The molecule has 1 fully saturated rings. The highest BCUT2D eigenvalue weighted by atomic mass is 14.9. The topological polar surface area (TPSA) is 17.0 Å². The summed E-state index contributed by atoms with van der Waals surface area (Å²) < 4.78 is 2.17. The maximum Gasteiger partial charge on any atom is 0.0477 e. The summed E-state index contributed by atoms with van der Waals surface area (Å²) in [6.45, 7) is 1.16. The van der Waals surface area contributed by atoms with Gasteiger partial charge in [0.15, 0.2) is 0 Å². The number of benzene rings is 1. The first kappa shape index (κ1) is 8.98. The van der Waals surface area contributed by atoms with E-state index in [2.05, 4.69) is 47.4 Å². The maximum atomic E-state index is 3.54. The van der Waals surface area contributed by atoms with Crippen LogP contribution in [-0.4, -0.2) is 11.1 Å². The average Bonchev–Trinajstić information content (AvgIpc) is 2.88. The molecule has 0 saturated carbocycles. The van der Waals surface area contributed by atoms with Crippen LogP contribution in [0.3, 0.4) is 0 Å². The summed E-state index contributed by atoms with van der Waals surface area (Å²) >= 11 is 0. The minimum absolute atomic E-state index is 0.578. The standard InChI is InChI=1S/C13H16N2/c1-15-8-6-11-9-10(4-5-13(11)15)12-3-2-7-14-12/h4-6,8-9,12,14H,2-3,7H2,1H3/t12-/m0/s1. The predicted octanol–water partition coefficient (Wildman–Crippen LogP) is 2.60. The summed E-state index contributed by atoms with van der Waals surface area (Å²) in [7, 11) is 2.09. The van der Waals surface area contributed by atoms with Crippen LogP contribution in [0.1, 0.15) is 24.4 Å². The van der Waals surface area contributed by atoms with E-state index in [1.165, 1.54) is 29.3 Å². The second-order valence-electron chi connectivity index (χ2n) is 4.39. The zero-order valence-corrected chi connectivity index (χ0v) is 9.03. The normalized spacial score (nSPS) is 21.3. The van der Waals surface area contributed by atoms with Crippen LogP contribution >= 0.6 is 0 Å². The van der Waals surface area contributed by atoms with Crippen LogP contribution in [0.2, 0.25) is 0 Å². The van der Waals surface area contributed by atoms with Gasteiger partial charge in [0.05, 0.1) is 0 Å². The molecule has 1 N–H and O–H groups in total. The average molecular weight is 200 g/mol. The lowest BCUT2D eigenvalue weighted by atomic mass is 10.0. The number of aromatic nitrogens is 1. The van der Waals surface area contributed by atoms with E-state index in [0.29, 0.717) is 6.04 Å². The Labute approximate surface area is 89.9 Å². The van der Waals surface area contributed by atoms with E-state index in [1.807, 2.05) is 0 Å². The third kappa shape index (κ3) is 1.45. The number of nitrogens with one attached hydrogen (secondary N) is 1. The van der Waals surface area contributed by atoms with Crippen molar-refractivity contribution in [1.29, 1.82) is 0 Å². The molecule has 78 valence electrons. The van der Waals surface area contributed by atoms with Crippen LogP contribution in [0, 0.1) is 0 Å². The quantitative estimate of drug-likeness (QED) is 0.748. The van der Waals surface area contributed by atoms with E-state index in [9.17, 15) is 0 Å². The van der Waals surface area contributed by atoms with Gasteiger partial charge in [-0.05, 0) is 48.5 Å². The highest BCUT2D eigenvalue weighted by Crippen LogP contribution is 2.26. The van der Waals surface area contributed by atoms with Gasteiger partial charge < -0.3 is 9.88 Å². The zero-order valence-electron chi connectivity index (χ0n) is 9.03. The van der Waals surface area contributed by atoms with E-state index >= 15 is 0 Å². The van der Waals surface area contributed by atoms with Gasteiger partial charge in [-0.3, -0.25) is 0 Å². The maximum absolute atomic E-state index is 3.54. The molecule has 0 spiro atoms. The number of fused-ring (bicyclic) bond motifs is 1. The summed E-state index contributed by atoms with van der Waals surface area (Å²) in [4.78, 5) is 0. The molecule has 0 unspecified atom stereocenters. The Morgan fingerprint density at radius 2 is 2.27 bits per heavy atom. The van der Waals surface area contributed by atoms with Crippen molar-refractivity contribution in [3.63, 3.8) is 0 Å². The predicted molar refractivity (Wildman–Crippen MR) is 62.9 cm³/mol. The molecule has 1 aromatic carbocycles. The number of aryl methyl sites for hydroxylation is 1. The zero-order chi connectivity index (χ0) is 10.3. The van der Waals surface area contributed by atoms with E-state index in [-0.39, 0.29) is 0 Å². The fourth-order valence-electron chi connectivity index (χ4n) is 2.49. The van der Waals surface area contributed by atoms with Gasteiger partial charge >= 0.3 is 0 Å². The molecular formula is C13H16N2. The van der Waals surface area contributed by atoms with Crippen molar-refractivity contribution in [2.24, 2.45) is 7.05 Å². The molecule has 1 aromatic heterocycles. The highest BCUT2D eigenvalue weighted by molar-refractivity contribution is 5.80. The van der Waals surface area contributed by atoms with Crippen molar-refractivity contribution in [1.82, 2.24) is 9.88 Å². The van der Waals surface area contributed by atoms with Crippen LogP contribution in [-0.2, 0) is 7.05 Å². The van der Waals surface area contributed by atoms with Crippen LogP contribution in [0.5, 0.6) is 0 Å². The summed E-state index contributed by atoms with van der Waals surface area (Å²) in [5.41, 5.74) is 2.75. The van der Waals surface area contributed by atoms with Crippen molar-refractivity contribution in [2.45, 2.75) is 18.9 Å². The molecule has 1 atom stereocenters. The van der Waals surface area contributed by atoms with Gasteiger partial charge in [-0.15, -0.1) is 0 Å². The number of rotatable bonds is 1. The first-order chi connectivity index (χ1) is 7.34. The number of hydrogen-bond donors (Lipinski definition) is 1. The number of hydrogen-bond acceptors (Lipinski definition) is 1. The Bertz CT molecular complexity index is 478. The van der Waals surface area contributed by atoms with Gasteiger partial charge in [0.25, 0.3) is 0 Å². The molecule has 1 saturated heterocycles. The molecule has 2 heteroatoms. The van der Waals surface area contributed by atoms with Gasteiger partial charge in [-0.2, -0.15) is 0 Å². The van der Waals surface area contributed by atoms with Gasteiger partial charge in [0, 0.05) is 24.8 Å². The Morgan fingerprint density at radius 1 is 1.33 bits per heavy atom. The Hall–Kier alpha value is -1.28. The molecule has 2 heterocycles. The van der Waals surface area contributed by atoms with Gasteiger partial charge in [-0.1, -0.05) is 6.07 Å². The van der Waals surface area contributed by atoms with E-state index in [0.717, 1.165) is 6.54 Å². The van der Waals surface area contributed by atoms with Crippen molar-refractivity contribution in [2.75, 3.05) is 6.54 Å². The largest absolute Gasteiger partial charge is 0.351 e. The van der Waals surface area contributed by atoms with Crippen molar-refractivity contribution in [3.05, 3.63) is 36.0 Å². The SMILES string of the molecule is Cn1ccc2cc([C@@H]3CCCN3)ccc21. The van der Waals surface area contributed by atoms with Crippen LogP contribution in [0.15, 0.2) is 30.5 Å². The van der Waals surface area contributed by atoms with Gasteiger partial charge in [0.1, 0.15) is 0 Å².